The van der Waals surface area contributed by atoms with Crippen LogP contribution in [0.1, 0.15) is 28.4 Å². The normalized spacial score (nSPS) is 12.5. The Morgan fingerprint density at radius 1 is 0.882 bits per heavy atom. The van der Waals surface area contributed by atoms with Gasteiger partial charge in [-0.1, -0.05) is 41.5 Å². The van der Waals surface area contributed by atoms with Crippen molar-refractivity contribution in [2.24, 2.45) is 0 Å². The monoisotopic (exact) mass is 230 g/mol. The molecule has 2 aromatic carbocycles. The molecule has 0 aliphatic heterocycles. The maximum absolute atomic E-state index is 12.8. The van der Waals surface area contributed by atoms with Gasteiger partial charge in [0.25, 0.3) is 0 Å². The standard InChI is InChI=1S/C15H15FO/c1-10-7-11(2)9-13(8-10)15(17)12-3-5-14(16)6-4-12/h3-9,15,17H,1-2H3. The molecule has 88 valence electrons. The van der Waals surface area contributed by atoms with Crippen LogP contribution in [0.25, 0.3) is 0 Å². The Morgan fingerprint density at radius 2 is 1.41 bits per heavy atom. The Bertz CT molecular complexity index is 497. The van der Waals surface area contributed by atoms with Crippen LogP contribution in [0.2, 0.25) is 0 Å². The lowest BCUT2D eigenvalue weighted by Gasteiger charge is -2.13. The van der Waals surface area contributed by atoms with Crippen LogP contribution in [0.15, 0.2) is 42.5 Å². The summed E-state index contributed by atoms with van der Waals surface area (Å²) in [5, 5.41) is 10.2. The van der Waals surface area contributed by atoms with Crippen LogP contribution in [0.4, 0.5) is 4.39 Å². The molecule has 0 aromatic heterocycles. The first kappa shape index (κ1) is 11.8. The summed E-state index contributed by atoms with van der Waals surface area (Å²) in [6.45, 7) is 3.99. The molecule has 1 unspecified atom stereocenters. The average molecular weight is 230 g/mol. The lowest BCUT2D eigenvalue weighted by molar-refractivity contribution is 0.220. The van der Waals surface area contributed by atoms with Crippen LogP contribution in [0.3, 0.4) is 0 Å². The van der Waals surface area contributed by atoms with Gasteiger partial charge in [0.15, 0.2) is 0 Å². The lowest BCUT2D eigenvalue weighted by Crippen LogP contribution is -2.00. The zero-order valence-corrected chi connectivity index (χ0v) is 9.94. The molecular formula is C15H15FO. The Labute approximate surface area is 101 Å². The van der Waals surface area contributed by atoms with Crippen molar-refractivity contribution < 1.29 is 9.50 Å². The van der Waals surface area contributed by atoms with E-state index >= 15 is 0 Å². The molecule has 0 heterocycles. The third-order valence-electron chi connectivity index (χ3n) is 2.75. The summed E-state index contributed by atoms with van der Waals surface area (Å²) in [5.41, 5.74) is 3.77. The SMILES string of the molecule is Cc1cc(C)cc(C(O)c2ccc(F)cc2)c1. The van der Waals surface area contributed by atoms with Gasteiger partial charge in [-0.15, -0.1) is 0 Å². The average Bonchev–Trinajstić information content (AvgIpc) is 2.28. The van der Waals surface area contributed by atoms with Crippen LogP contribution in [0.5, 0.6) is 0 Å². The molecule has 17 heavy (non-hydrogen) atoms. The molecule has 1 atom stereocenters. The molecule has 0 fully saturated rings. The molecule has 2 aromatic rings. The van der Waals surface area contributed by atoms with E-state index in [1.54, 1.807) is 12.1 Å². The van der Waals surface area contributed by atoms with Gasteiger partial charge in [0.2, 0.25) is 0 Å². The highest BCUT2D eigenvalue weighted by molar-refractivity contribution is 5.35. The largest absolute Gasteiger partial charge is 0.384 e. The summed E-state index contributed by atoms with van der Waals surface area (Å²) in [6.07, 6.45) is -0.700. The number of halogens is 1. The molecule has 0 radical (unpaired) electrons. The molecule has 0 bridgehead atoms. The van der Waals surface area contributed by atoms with Gasteiger partial charge in [0.05, 0.1) is 0 Å². The molecule has 0 saturated heterocycles. The van der Waals surface area contributed by atoms with E-state index in [2.05, 4.69) is 6.07 Å². The lowest BCUT2D eigenvalue weighted by atomic mass is 9.98. The molecule has 0 aliphatic rings. The van der Waals surface area contributed by atoms with Crippen molar-refractivity contribution in [3.05, 3.63) is 70.5 Å². The van der Waals surface area contributed by atoms with Crippen LogP contribution >= 0.6 is 0 Å². The summed E-state index contributed by atoms with van der Waals surface area (Å²) in [6, 6.07) is 11.9. The van der Waals surface area contributed by atoms with Gasteiger partial charge >= 0.3 is 0 Å². The summed E-state index contributed by atoms with van der Waals surface area (Å²) in [7, 11) is 0. The van der Waals surface area contributed by atoms with Crippen molar-refractivity contribution in [1.82, 2.24) is 0 Å². The summed E-state index contributed by atoms with van der Waals surface area (Å²) in [5.74, 6) is -0.290. The summed E-state index contributed by atoms with van der Waals surface area (Å²) in [4.78, 5) is 0. The van der Waals surface area contributed by atoms with Crippen molar-refractivity contribution in [1.29, 1.82) is 0 Å². The number of aliphatic hydroxyl groups is 1. The molecule has 2 heteroatoms. The second kappa shape index (κ2) is 4.68. The molecule has 0 spiro atoms. The molecule has 1 N–H and O–H groups in total. The third-order valence-corrected chi connectivity index (χ3v) is 2.75. The second-order valence-corrected chi connectivity index (χ2v) is 4.38. The smallest absolute Gasteiger partial charge is 0.123 e. The van der Waals surface area contributed by atoms with Gasteiger partial charge in [0.1, 0.15) is 11.9 Å². The van der Waals surface area contributed by atoms with E-state index < -0.39 is 6.10 Å². The van der Waals surface area contributed by atoms with E-state index in [-0.39, 0.29) is 5.82 Å². The minimum atomic E-state index is -0.700. The number of hydrogen-bond donors (Lipinski definition) is 1. The van der Waals surface area contributed by atoms with Crippen LogP contribution in [0, 0.1) is 19.7 Å². The molecule has 0 saturated carbocycles. The van der Waals surface area contributed by atoms with Crippen molar-refractivity contribution in [3.63, 3.8) is 0 Å². The second-order valence-electron chi connectivity index (χ2n) is 4.38. The molecule has 0 aliphatic carbocycles. The van der Waals surface area contributed by atoms with E-state index in [4.69, 9.17) is 0 Å². The number of aryl methyl sites for hydroxylation is 2. The van der Waals surface area contributed by atoms with Crippen LogP contribution in [-0.4, -0.2) is 5.11 Å². The van der Waals surface area contributed by atoms with Gasteiger partial charge in [-0.05, 0) is 37.1 Å². The van der Waals surface area contributed by atoms with Crippen LogP contribution in [-0.2, 0) is 0 Å². The van der Waals surface area contributed by atoms with Crippen molar-refractivity contribution >= 4 is 0 Å². The van der Waals surface area contributed by atoms with E-state index in [0.29, 0.717) is 5.56 Å². The topological polar surface area (TPSA) is 20.2 Å². The number of aliphatic hydroxyl groups excluding tert-OH is 1. The highest BCUT2D eigenvalue weighted by Crippen LogP contribution is 2.23. The zero-order chi connectivity index (χ0) is 12.4. The highest BCUT2D eigenvalue weighted by Gasteiger charge is 2.11. The summed E-state index contributed by atoms with van der Waals surface area (Å²) < 4.78 is 12.8. The Balaban J connectivity index is 2.36. The first-order valence-electron chi connectivity index (χ1n) is 5.58. The van der Waals surface area contributed by atoms with Crippen molar-refractivity contribution in [2.45, 2.75) is 20.0 Å². The quantitative estimate of drug-likeness (QED) is 0.836. The van der Waals surface area contributed by atoms with Gasteiger partial charge in [-0.25, -0.2) is 4.39 Å². The molecule has 2 rings (SSSR count). The van der Waals surface area contributed by atoms with E-state index in [1.165, 1.54) is 12.1 Å². The number of benzene rings is 2. The van der Waals surface area contributed by atoms with Crippen molar-refractivity contribution in [2.75, 3.05) is 0 Å². The highest BCUT2D eigenvalue weighted by atomic mass is 19.1. The minimum Gasteiger partial charge on any atom is -0.384 e. The maximum atomic E-state index is 12.8. The number of rotatable bonds is 2. The van der Waals surface area contributed by atoms with E-state index in [9.17, 15) is 9.50 Å². The first-order valence-corrected chi connectivity index (χ1v) is 5.58. The molecular weight excluding hydrogens is 215 g/mol. The van der Waals surface area contributed by atoms with Gasteiger partial charge in [0, 0.05) is 0 Å². The van der Waals surface area contributed by atoms with Gasteiger partial charge in [-0.3, -0.25) is 0 Å². The molecule has 1 nitrogen and oxygen atoms in total. The summed E-state index contributed by atoms with van der Waals surface area (Å²) >= 11 is 0. The predicted octanol–water partition coefficient (Wildman–Crippen LogP) is 3.52. The third kappa shape index (κ3) is 2.71. The number of hydrogen-bond acceptors (Lipinski definition) is 1. The fraction of sp³-hybridized carbons (Fsp3) is 0.200. The zero-order valence-electron chi connectivity index (χ0n) is 9.94. The fourth-order valence-corrected chi connectivity index (χ4v) is 2.01. The van der Waals surface area contributed by atoms with E-state index in [1.807, 2.05) is 26.0 Å². The van der Waals surface area contributed by atoms with Crippen molar-refractivity contribution in [3.8, 4) is 0 Å². The Kier molecular flexibility index (Phi) is 3.25. The molecule has 0 amide bonds. The van der Waals surface area contributed by atoms with Gasteiger partial charge in [-0.2, -0.15) is 0 Å². The van der Waals surface area contributed by atoms with Crippen LogP contribution < -0.4 is 0 Å². The van der Waals surface area contributed by atoms with E-state index in [0.717, 1.165) is 16.7 Å². The Hall–Kier alpha value is -1.67. The van der Waals surface area contributed by atoms with Gasteiger partial charge < -0.3 is 5.11 Å². The minimum absolute atomic E-state index is 0.290. The fourth-order valence-electron chi connectivity index (χ4n) is 2.01. The first-order chi connectivity index (χ1) is 8.06. The maximum Gasteiger partial charge on any atom is 0.123 e. The predicted molar refractivity (Wildman–Crippen MR) is 66.4 cm³/mol. The Morgan fingerprint density at radius 3 is 1.94 bits per heavy atom.